The molecule has 0 saturated carbocycles. The zero-order chi connectivity index (χ0) is 13.5. The summed E-state index contributed by atoms with van der Waals surface area (Å²) in [5.41, 5.74) is 1.14. The molecule has 6 nitrogen and oxygen atoms in total. The Morgan fingerprint density at radius 1 is 1.26 bits per heavy atom. The molecule has 6 heteroatoms. The normalized spacial score (nSPS) is 10.3. The van der Waals surface area contributed by atoms with Crippen LogP contribution in [0.4, 0.5) is 5.69 Å². The minimum Gasteiger partial charge on any atom is -0.492 e. The van der Waals surface area contributed by atoms with E-state index in [4.69, 9.17) is 9.15 Å². The Labute approximate surface area is 110 Å². The molecule has 1 aromatic carbocycles. The van der Waals surface area contributed by atoms with E-state index >= 15 is 0 Å². The molecule has 0 unspecified atom stereocenters. The van der Waals surface area contributed by atoms with Crippen LogP contribution in [0.5, 0.6) is 5.75 Å². The molecule has 0 aliphatic carbocycles. The van der Waals surface area contributed by atoms with Gasteiger partial charge in [0.05, 0.1) is 17.4 Å². The van der Waals surface area contributed by atoms with Crippen molar-refractivity contribution in [1.29, 1.82) is 0 Å². The first-order valence-electron chi connectivity index (χ1n) is 5.85. The van der Waals surface area contributed by atoms with E-state index in [9.17, 15) is 10.1 Å². The van der Waals surface area contributed by atoms with Crippen LogP contribution in [0.25, 0.3) is 0 Å². The van der Waals surface area contributed by atoms with Crippen molar-refractivity contribution in [3.8, 4) is 5.75 Å². The van der Waals surface area contributed by atoms with E-state index in [1.165, 1.54) is 12.1 Å². The highest BCUT2D eigenvalue weighted by atomic mass is 16.6. The third-order valence-corrected chi connectivity index (χ3v) is 2.50. The molecular weight excluding hydrogens is 248 g/mol. The minimum atomic E-state index is -0.434. The van der Waals surface area contributed by atoms with Gasteiger partial charge in [-0.2, -0.15) is 0 Å². The van der Waals surface area contributed by atoms with Gasteiger partial charge in [-0.3, -0.25) is 10.1 Å². The van der Waals surface area contributed by atoms with Crippen molar-refractivity contribution in [1.82, 2.24) is 5.32 Å². The van der Waals surface area contributed by atoms with Crippen LogP contribution in [0.1, 0.15) is 5.56 Å². The van der Waals surface area contributed by atoms with Gasteiger partial charge in [0.25, 0.3) is 5.69 Å². The van der Waals surface area contributed by atoms with Gasteiger partial charge in [-0.05, 0) is 18.2 Å². The SMILES string of the molecule is O=[N+]([O-])c1ccc(OCCNCc2ccoc2)cc1. The van der Waals surface area contributed by atoms with E-state index in [2.05, 4.69) is 5.32 Å². The third kappa shape index (κ3) is 4.11. The molecular formula is C13H14N2O4. The minimum absolute atomic E-state index is 0.0606. The van der Waals surface area contributed by atoms with Crippen molar-refractivity contribution in [2.45, 2.75) is 6.54 Å². The number of nitrogens with one attached hydrogen (secondary N) is 1. The number of nitro groups is 1. The van der Waals surface area contributed by atoms with Gasteiger partial charge in [-0.25, -0.2) is 0 Å². The predicted octanol–water partition coefficient (Wildman–Crippen LogP) is 2.36. The molecule has 0 bridgehead atoms. The highest BCUT2D eigenvalue weighted by Gasteiger charge is 2.03. The van der Waals surface area contributed by atoms with E-state index in [0.717, 1.165) is 12.1 Å². The lowest BCUT2D eigenvalue weighted by atomic mass is 10.3. The maximum Gasteiger partial charge on any atom is 0.269 e. The molecule has 1 heterocycles. The van der Waals surface area contributed by atoms with E-state index in [-0.39, 0.29) is 5.69 Å². The summed E-state index contributed by atoms with van der Waals surface area (Å²) in [4.78, 5) is 10.0. The first-order valence-corrected chi connectivity index (χ1v) is 5.85. The van der Waals surface area contributed by atoms with Crippen molar-refractivity contribution in [3.63, 3.8) is 0 Å². The maximum absolute atomic E-state index is 10.5. The second-order valence-corrected chi connectivity index (χ2v) is 3.91. The number of hydrogen-bond acceptors (Lipinski definition) is 5. The Morgan fingerprint density at radius 3 is 2.68 bits per heavy atom. The van der Waals surface area contributed by atoms with Gasteiger partial charge in [0.2, 0.25) is 0 Å². The summed E-state index contributed by atoms with van der Waals surface area (Å²) in [6.07, 6.45) is 3.31. The zero-order valence-corrected chi connectivity index (χ0v) is 10.2. The largest absolute Gasteiger partial charge is 0.492 e. The number of non-ortho nitro benzene ring substituents is 1. The number of rotatable bonds is 7. The summed E-state index contributed by atoms with van der Waals surface area (Å²) >= 11 is 0. The summed E-state index contributed by atoms with van der Waals surface area (Å²) in [6, 6.07) is 7.93. The predicted molar refractivity (Wildman–Crippen MR) is 69.0 cm³/mol. The monoisotopic (exact) mass is 262 g/mol. The van der Waals surface area contributed by atoms with Gasteiger partial charge in [0.15, 0.2) is 0 Å². The van der Waals surface area contributed by atoms with Gasteiger partial charge in [0.1, 0.15) is 12.4 Å². The van der Waals surface area contributed by atoms with E-state index in [1.807, 2.05) is 6.07 Å². The molecule has 2 aromatic rings. The van der Waals surface area contributed by atoms with Crippen molar-refractivity contribution in [2.24, 2.45) is 0 Å². The number of nitro benzene ring substituents is 1. The molecule has 0 atom stereocenters. The van der Waals surface area contributed by atoms with E-state index < -0.39 is 4.92 Å². The lowest BCUT2D eigenvalue weighted by Gasteiger charge is -2.06. The molecule has 0 radical (unpaired) electrons. The van der Waals surface area contributed by atoms with Crippen molar-refractivity contribution in [2.75, 3.05) is 13.2 Å². The first kappa shape index (κ1) is 13.1. The average Bonchev–Trinajstić information content (AvgIpc) is 2.92. The molecule has 0 saturated heterocycles. The topological polar surface area (TPSA) is 77.5 Å². The summed E-state index contributed by atoms with van der Waals surface area (Å²) in [6.45, 7) is 1.90. The lowest BCUT2D eigenvalue weighted by Crippen LogP contribution is -2.20. The number of hydrogen-bond donors (Lipinski definition) is 1. The molecule has 0 spiro atoms. The van der Waals surface area contributed by atoms with Crippen LogP contribution in [0, 0.1) is 10.1 Å². The molecule has 1 aromatic heterocycles. The molecule has 0 amide bonds. The van der Waals surface area contributed by atoms with Crippen molar-refractivity contribution >= 4 is 5.69 Å². The van der Waals surface area contributed by atoms with Crippen LogP contribution in [0.15, 0.2) is 47.3 Å². The van der Waals surface area contributed by atoms with Crippen LogP contribution in [-0.4, -0.2) is 18.1 Å². The van der Waals surface area contributed by atoms with Crippen LogP contribution in [-0.2, 0) is 6.54 Å². The third-order valence-electron chi connectivity index (χ3n) is 2.50. The first-order chi connectivity index (χ1) is 9.25. The fourth-order valence-electron chi connectivity index (χ4n) is 1.53. The smallest absolute Gasteiger partial charge is 0.269 e. The Balaban J connectivity index is 1.66. The molecule has 19 heavy (non-hydrogen) atoms. The summed E-state index contributed by atoms with van der Waals surface area (Å²) in [5.74, 6) is 0.621. The molecule has 0 aliphatic heterocycles. The summed E-state index contributed by atoms with van der Waals surface area (Å²) in [7, 11) is 0. The Hall–Kier alpha value is -2.34. The quantitative estimate of drug-likeness (QED) is 0.471. The van der Waals surface area contributed by atoms with E-state index in [1.54, 1.807) is 24.7 Å². The van der Waals surface area contributed by atoms with Crippen molar-refractivity contribution < 1.29 is 14.1 Å². The fourth-order valence-corrected chi connectivity index (χ4v) is 1.53. The molecule has 1 N–H and O–H groups in total. The van der Waals surface area contributed by atoms with Gasteiger partial charge in [-0.15, -0.1) is 0 Å². The van der Waals surface area contributed by atoms with E-state index in [0.29, 0.717) is 18.9 Å². The second kappa shape index (κ2) is 6.55. The number of nitrogens with zero attached hydrogens (tertiary/aromatic N) is 1. The summed E-state index contributed by atoms with van der Waals surface area (Å²) in [5, 5.41) is 13.7. The number of furan rings is 1. The lowest BCUT2D eigenvalue weighted by molar-refractivity contribution is -0.384. The van der Waals surface area contributed by atoms with Crippen LogP contribution < -0.4 is 10.1 Å². The Bertz CT molecular complexity index is 508. The summed E-state index contributed by atoms with van der Waals surface area (Å²) < 4.78 is 10.4. The average molecular weight is 262 g/mol. The number of benzene rings is 1. The van der Waals surface area contributed by atoms with Crippen molar-refractivity contribution in [3.05, 3.63) is 58.5 Å². The van der Waals surface area contributed by atoms with Crippen LogP contribution in [0.2, 0.25) is 0 Å². The Morgan fingerprint density at radius 2 is 2.05 bits per heavy atom. The second-order valence-electron chi connectivity index (χ2n) is 3.91. The van der Waals surface area contributed by atoms with Crippen LogP contribution in [0.3, 0.4) is 0 Å². The molecule has 0 fully saturated rings. The zero-order valence-electron chi connectivity index (χ0n) is 10.2. The standard InChI is InChI=1S/C13H14N2O4/c16-15(17)12-1-3-13(4-2-12)19-8-6-14-9-11-5-7-18-10-11/h1-5,7,10,14H,6,8-9H2. The maximum atomic E-state index is 10.5. The molecule has 0 aliphatic rings. The molecule has 100 valence electrons. The van der Waals surface area contributed by atoms with Gasteiger partial charge >= 0.3 is 0 Å². The van der Waals surface area contributed by atoms with Crippen LogP contribution >= 0.6 is 0 Å². The van der Waals surface area contributed by atoms with Gasteiger partial charge < -0.3 is 14.5 Å². The van der Waals surface area contributed by atoms with Gasteiger partial charge in [-0.1, -0.05) is 0 Å². The Kier molecular flexibility index (Phi) is 4.52. The fraction of sp³-hybridized carbons (Fsp3) is 0.231. The van der Waals surface area contributed by atoms with Gasteiger partial charge in [0, 0.05) is 30.8 Å². The highest BCUT2D eigenvalue weighted by molar-refractivity contribution is 5.35. The number of ether oxygens (including phenoxy) is 1. The highest BCUT2D eigenvalue weighted by Crippen LogP contribution is 2.16. The molecule has 2 rings (SSSR count).